The van der Waals surface area contributed by atoms with Crippen molar-refractivity contribution in [3.05, 3.63) is 60.4 Å². The Morgan fingerprint density at radius 2 is 1.92 bits per heavy atom. The van der Waals surface area contributed by atoms with E-state index < -0.39 is 0 Å². The summed E-state index contributed by atoms with van der Waals surface area (Å²) in [6.07, 6.45) is 5.75. The van der Waals surface area contributed by atoms with Crippen molar-refractivity contribution in [1.29, 1.82) is 0 Å². The van der Waals surface area contributed by atoms with Gasteiger partial charge < -0.3 is 15.0 Å². The van der Waals surface area contributed by atoms with Crippen molar-refractivity contribution in [3.8, 4) is 0 Å². The minimum Gasteiger partial charge on any atom is -0.462 e. The molecule has 2 fully saturated rings. The highest BCUT2D eigenvalue weighted by molar-refractivity contribution is 5.79. The quantitative estimate of drug-likeness (QED) is 0.944. The number of hydrogen-bond donors (Lipinski definition) is 1. The van der Waals surface area contributed by atoms with Crippen molar-refractivity contribution in [2.75, 3.05) is 19.7 Å². The van der Waals surface area contributed by atoms with Gasteiger partial charge in [-0.2, -0.15) is 4.99 Å². The van der Waals surface area contributed by atoms with E-state index >= 15 is 0 Å². The summed E-state index contributed by atoms with van der Waals surface area (Å²) in [5.41, 5.74) is 2.12. The Bertz CT molecular complexity index is 683. The fraction of sp³-hybridized carbons (Fsp3) is 0.368. The van der Waals surface area contributed by atoms with Gasteiger partial charge in [0.25, 0.3) is 6.02 Å². The van der Waals surface area contributed by atoms with Gasteiger partial charge in [0, 0.05) is 12.2 Å². The molecule has 3 heterocycles. The third-order valence-corrected chi connectivity index (χ3v) is 4.68. The Kier molecular flexibility index (Phi) is 4.42. The molecular formula is C19H22N4O. The maximum atomic E-state index is 6.02. The Balaban J connectivity index is 1.67. The van der Waals surface area contributed by atoms with E-state index in [0.29, 0.717) is 12.6 Å². The molecule has 1 atom stereocenters. The first-order valence-corrected chi connectivity index (χ1v) is 8.57. The molecule has 124 valence electrons. The molecular weight excluding hydrogens is 300 g/mol. The molecule has 5 heteroatoms. The highest BCUT2D eigenvalue weighted by atomic mass is 16.5. The van der Waals surface area contributed by atoms with Crippen LogP contribution in [0.4, 0.5) is 5.69 Å². The molecule has 4 rings (SSSR count). The molecule has 0 saturated carbocycles. The van der Waals surface area contributed by atoms with Crippen LogP contribution in [0.15, 0.2) is 59.9 Å². The van der Waals surface area contributed by atoms with Gasteiger partial charge in [-0.1, -0.05) is 30.3 Å². The third-order valence-electron chi connectivity index (χ3n) is 4.68. The number of hydrogen-bond acceptors (Lipinski definition) is 4. The first-order valence-electron chi connectivity index (χ1n) is 8.57. The second kappa shape index (κ2) is 7.01. The van der Waals surface area contributed by atoms with Gasteiger partial charge in [-0.25, -0.2) is 0 Å². The Hall–Kier alpha value is -2.40. The largest absolute Gasteiger partial charge is 0.462 e. The summed E-state index contributed by atoms with van der Waals surface area (Å²) in [4.78, 5) is 11.3. The van der Waals surface area contributed by atoms with E-state index in [2.05, 4.69) is 45.5 Å². The molecule has 1 aromatic carbocycles. The van der Waals surface area contributed by atoms with Crippen molar-refractivity contribution >= 4 is 11.7 Å². The summed E-state index contributed by atoms with van der Waals surface area (Å²) in [7, 11) is 0. The van der Waals surface area contributed by atoms with Gasteiger partial charge in [0.2, 0.25) is 0 Å². The minimum atomic E-state index is 0.227. The van der Waals surface area contributed by atoms with Crippen LogP contribution < -0.4 is 5.32 Å². The molecule has 2 aliphatic heterocycles. The fourth-order valence-corrected chi connectivity index (χ4v) is 3.49. The molecule has 1 aromatic heterocycles. The van der Waals surface area contributed by atoms with Crippen LogP contribution in [0.1, 0.15) is 24.4 Å². The van der Waals surface area contributed by atoms with E-state index in [-0.39, 0.29) is 6.04 Å². The number of rotatable bonds is 3. The number of aromatic nitrogens is 1. The SMILES string of the molecule is c1ccc([C@@H]2CO/C(=N/c3cccnc3)N2C2CCNCC2)cc1. The summed E-state index contributed by atoms with van der Waals surface area (Å²) in [6, 6.07) is 15.8. The van der Waals surface area contributed by atoms with Crippen LogP contribution in [0.5, 0.6) is 0 Å². The first kappa shape index (κ1) is 15.1. The Morgan fingerprint density at radius 1 is 1.08 bits per heavy atom. The van der Waals surface area contributed by atoms with Crippen LogP contribution in [0.3, 0.4) is 0 Å². The van der Waals surface area contributed by atoms with Crippen LogP contribution in [0.2, 0.25) is 0 Å². The molecule has 2 saturated heterocycles. The lowest BCUT2D eigenvalue weighted by Crippen LogP contribution is -2.45. The molecule has 2 aliphatic rings. The van der Waals surface area contributed by atoms with E-state index in [4.69, 9.17) is 9.73 Å². The molecule has 0 spiro atoms. The normalized spacial score (nSPS) is 23.4. The lowest BCUT2D eigenvalue weighted by atomic mass is 10.00. The van der Waals surface area contributed by atoms with E-state index in [9.17, 15) is 0 Å². The molecule has 0 unspecified atom stereocenters. The highest BCUT2D eigenvalue weighted by Gasteiger charge is 2.38. The maximum Gasteiger partial charge on any atom is 0.293 e. The number of pyridine rings is 1. The molecule has 5 nitrogen and oxygen atoms in total. The van der Waals surface area contributed by atoms with Crippen molar-refractivity contribution in [2.24, 2.45) is 4.99 Å². The van der Waals surface area contributed by atoms with Gasteiger partial charge in [-0.05, 0) is 43.6 Å². The lowest BCUT2D eigenvalue weighted by Gasteiger charge is -2.35. The second-order valence-corrected chi connectivity index (χ2v) is 6.23. The average molecular weight is 322 g/mol. The molecule has 0 aliphatic carbocycles. The number of nitrogens with zero attached hydrogens (tertiary/aromatic N) is 3. The van der Waals surface area contributed by atoms with Gasteiger partial charge in [0.15, 0.2) is 0 Å². The number of ether oxygens (including phenoxy) is 1. The number of benzene rings is 1. The molecule has 24 heavy (non-hydrogen) atoms. The summed E-state index contributed by atoms with van der Waals surface area (Å²) in [6.45, 7) is 2.73. The monoisotopic (exact) mass is 322 g/mol. The zero-order valence-corrected chi connectivity index (χ0v) is 13.6. The summed E-state index contributed by atoms with van der Waals surface area (Å²) in [5.74, 6) is 0. The molecule has 2 aromatic rings. The molecule has 0 radical (unpaired) electrons. The van der Waals surface area contributed by atoms with Crippen LogP contribution in [0, 0.1) is 0 Å². The summed E-state index contributed by atoms with van der Waals surface area (Å²) >= 11 is 0. The topological polar surface area (TPSA) is 49.8 Å². The van der Waals surface area contributed by atoms with E-state index in [1.54, 1.807) is 12.4 Å². The smallest absolute Gasteiger partial charge is 0.293 e. The fourth-order valence-electron chi connectivity index (χ4n) is 3.49. The lowest BCUT2D eigenvalue weighted by molar-refractivity contribution is 0.218. The zero-order chi connectivity index (χ0) is 16.2. The number of nitrogens with one attached hydrogen (secondary N) is 1. The molecule has 1 N–H and O–H groups in total. The van der Waals surface area contributed by atoms with Gasteiger partial charge in [-0.3, -0.25) is 4.98 Å². The maximum absolute atomic E-state index is 6.02. The van der Waals surface area contributed by atoms with Crippen LogP contribution in [0.25, 0.3) is 0 Å². The van der Waals surface area contributed by atoms with Crippen molar-refractivity contribution in [2.45, 2.75) is 24.9 Å². The van der Waals surface area contributed by atoms with E-state index in [0.717, 1.165) is 37.6 Å². The zero-order valence-electron chi connectivity index (χ0n) is 13.6. The van der Waals surface area contributed by atoms with Gasteiger partial charge in [-0.15, -0.1) is 0 Å². The standard InChI is InChI=1S/C19H22N4O/c1-2-5-15(6-3-1)18-14-24-19(22-16-7-4-10-21-13-16)23(18)17-8-11-20-12-9-17/h1-7,10,13,17-18,20H,8-9,11-12,14H2/b22-19+/t18-/m0/s1. The van der Waals surface area contributed by atoms with Gasteiger partial charge in [0.1, 0.15) is 6.61 Å². The summed E-state index contributed by atoms with van der Waals surface area (Å²) < 4.78 is 6.02. The first-order chi connectivity index (χ1) is 11.9. The predicted octanol–water partition coefficient (Wildman–Crippen LogP) is 2.89. The predicted molar refractivity (Wildman–Crippen MR) is 94.2 cm³/mol. The molecule has 0 bridgehead atoms. The Morgan fingerprint density at radius 3 is 2.67 bits per heavy atom. The van der Waals surface area contributed by atoms with E-state index in [1.807, 2.05) is 12.1 Å². The average Bonchev–Trinajstić information content (AvgIpc) is 3.07. The molecule has 0 amide bonds. The number of piperidine rings is 1. The highest BCUT2D eigenvalue weighted by Crippen LogP contribution is 2.33. The van der Waals surface area contributed by atoms with Gasteiger partial charge >= 0.3 is 0 Å². The summed E-state index contributed by atoms with van der Waals surface area (Å²) in [5, 5.41) is 3.44. The van der Waals surface area contributed by atoms with Gasteiger partial charge in [0.05, 0.1) is 17.9 Å². The van der Waals surface area contributed by atoms with Crippen molar-refractivity contribution < 1.29 is 4.74 Å². The minimum absolute atomic E-state index is 0.227. The van der Waals surface area contributed by atoms with Crippen LogP contribution in [-0.2, 0) is 4.74 Å². The third kappa shape index (κ3) is 3.12. The van der Waals surface area contributed by atoms with Crippen LogP contribution in [-0.4, -0.2) is 41.6 Å². The van der Waals surface area contributed by atoms with E-state index in [1.165, 1.54) is 5.56 Å². The number of amidine groups is 1. The van der Waals surface area contributed by atoms with Crippen molar-refractivity contribution in [3.63, 3.8) is 0 Å². The number of aliphatic imine (C=N–C) groups is 1. The van der Waals surface area contributed by atoms with Crippen LogP contribution >= 0.6 is 0 Å². The van der Waals surface area contributed by atoms with Crippen molar-refractivity contribution in [1.82, 2.24) is 15.2 Å². The second-order valence-electron chi connectivity index (χ2n) is 6.23. The Labute approximate surface area is 142 Å².